The van der Waals surface area contributed by atoms with Gasteiger partial charge in [-0.2, -0.15) is 0 Å². The Bertz CT molecular complexity index is 275. The molecule has 0 bridgehead atoms. The Morgan fingerprint density at radius 2 is 2.25 bits per heavy atom. The van der Waals surface area contributed by atoms with Crippen LogP contribution in [0.25, 0.3) is 0 Å². The van der Waals surface area contributed by atoms with Gasteiger partial charge < -0.3 is 10.8 Å². The second-order valence-electron chi connectivity index (χ2n) is 2.73. The van der Waals surface area contributed by atoms with Crippen LogP contribution in [0.5, 0.6) is 5.75 Å². The molecule has 0 spiro atoms. The summed E-state index contributed by atoms with van der Waals surface area (Å²) in [5.74, 6) is 0.252. The van der Waals surface area contributed by atoms with Crippen LogP contribution < -0.4 is 5.73 Å². The van der Waals surface area contributed by atoms with Crippen molar-refractivity contribution in [1.29, 1.82) is 0 Å². The van der Waals surface area contributed by atoms with Gasteiger partial charge in [0, 0.05) is 6.04 Å². The average molecular weight is 230 g/mol. The van der Waals surface area contributed by atoms with E-state index in [-0.39, 0.29) is 11.8 Å². The molecule has 3 N–H and O–H groups in total. The lowest BCUT2D eigenvalue weighted by molar-refractivity contribution is 0.471. The highest BCUT2D eigenvalue weighted by molar-refractivity contribution is 9.10. The van der Waals surface area contributed by atoms with Gasteiger partial charge in [0.1, 0.15) is 5.75 Å². The van der Waals surface area contributed by atoms with Crippen LogP contribution in [0.4, 0.5) is 0 Å². The number of benzene rings is 1. The van der Waals surface area contributed by atoms with Gasteiger partial charge >= 0.3 is 0 Å². The first-order chi connectivity index (χ1) is 5.65. The van der Waals surface area contributed by atoms with Crippen molar-refractivity contribution in [3.8, 4) is 5.75 Å². The maximum Gasteiger partial charge on any atom is 0.129 e. The summed E-state index contributed by atoms with van der Waals surface area (Å²) in [4.78, 5) is 0. The van der Waals surface area contributed by atoms with Crippen LogP contribution in [-0.4, -0.2) is 5.11 Å². The predicted octanol–water partition coefficient (Wildman–Crippen LogP) is 2.56. The van der Waals surface area contributed by atoms with Crippen molar-refractivity contribution in [2.75, 3.05) is 0 Å². The summed E-state index contributed by atoms with van der Waals surface area (Å²) < 4.78 is 0.698. The van der Waals surface area contributed by atoms with Crippen molar-refractivity contribution in [2.24, 2.45) is 5.73 Å². The first kappa shape index (κ1) is 9.55. The molecule has 2 nitrogen and oxygen atoms in total. The summed E-state index contributed by atoms with van der Waals surface area (Å²) in [7, 11) is 0. The molecule has 0 heterocycles. The van der Waals surface area contributed by atoms with Crippen LogP contribution in [0.2, 0.25) is 0 Å². The third-order valence-corrected chi connectivity index (χ3v) is 2.47. The van der Waals surface area contributed by atoms with Crippen LogP contribution in [0.1, 0.15) is 24.9 Å². The minimum Gasteiger partial charge on any atom is -0.507 e. The van der Waals surface area contributed by atoms with E-state index < -0.39 is 0 Å². The molecule has 3 heteroatoms. The molecule has 66 valence electrons. The molecule has 0 saturated heterocycles. The molecule has 0 unspecified atom stereocenters. The zero-order valence-electron chi connectivity index (χ0n) is 6.92. The Labute approximate surface area is 80.5 Å². The summed E-state index contributed by atoms with van der Waals surface area (Å²) in [6.07, 6.45) is 0.900. The van der Waals surface area contributed by atoms with E-state index in [2.05, 4.69) is 15.9 Å². The van der Waals surface area contributed by atoms with Crippen LogP contribution in [0.15, 0.2) is 22.7 Å². The van der Waals surface area contributed by atoms with Crippen molar-refractivity contribution in [1.82, 2.24) is 0 Å². The number of rotatable bonds is 2. The lowest BCUT2D eigenvalue weighted by Gasteiger charge is -2.09. The number of phenols is 1. The van der Waals surface area contributed by atoms with Crippen LogP contribution >= 0.6 is 15.9 Å². The maximum atomic E-state index is 9.21. The smallest absolute Gasteiger partial charge is 0.129 e. The molecular formula is C9H12BrNO. The highest BCUT2D eigenvalue weighted by Crippen LogP contribution is 2.26. The lowest BCUT2D eigenvalue weighted by Crippen LogP contribution is -2.08. The molecule has 1 rings (SSSR count). The minimum atomic E-state index is 0.0573. The average Bonchev–Trinajstić information content (AvgIpc) is 2.08. The molecule has 12 heavy (non-hydrogen) atoms. The highest BCUT2D eigenvalue weighted by Gasteiger charge is 2.05. The van der Waals surface area contributed by atoms with Crippen molar-refractivity contribution in [3.63, 3.8) is 0 Å². The summed E-state index contributed by atoms with van der Waals surface area (Å²) in [5.41, 5.74) is 6.85. The standard InChI is InChI=1S/C9H12BrNO/c1-2-8(11)6-3-4-9(12)7(10)5-6/h3-5,8,12H,2,11H2,1H3/t8-/m1/s1. The van der Waals surface area contributed by atoms with Gasteiger partial charge in [0.25, 0.3) is 0 Å². The van der Waals surface area contributed by atoms with E-state index in [4.69, 9.17) is 5.73 Å². The van der Waals surface area contributed by atoms with Crippen LogP contribution in [0.3, 0.4) is 0 Å². The van der Waals surface area contributed by atoms with E-state index in [1.807, 2.05) is 19.1 Å². The molecule has 0 aromatic heterocycles. The summed E-state index contributed by atoms with van der Waals surface area (Å²) in [6, 6.07) is 5.40. The summed E-state index contributed by atoms with van der Waals surface area (Å²) >= 11 is 3.24. The second kappa shape index (κ2) is 3.92. The fourth-order valence-corrected chi connectivity index (χ4v) is 1.39. The molecule has 1 atom stereocenters. The maximum absolute atomic E-state index is 9.21. The van der Waals surface area contributed by atoms with E-state index in [1.165, 1.54) is 0 Å². The predicted molar refractivity (Wildman–Crippen MR) is 53.0 cm³/mol. The van der Waals surface area contributed by atoms with E-state index >= 15 is 0 Å². The lowest BCUT2D eigenvalue weighted by atomic mass is 10.1. The van der Waals surface area contributed by atoms with Gasteiger partial charge in [0.2, 0.25) is 0 Å². The Hall–Kier alpha value is -0.540. The van der Waals surface area contributed by atoms with Crippen molar-refractivity contribution in [3.05, 3.63) is 28.2 Å². The molecule has 0 aliphatic heterocycles. The van der Waals surface area contributed by atoms with Crippen molar-refractivity contribution < 1.29 is 5.11 Å². The first-order valence-electron chi connectivity index (χ1n) is 3.89. The molecular weight excluding hydrogens is 218 g/mol. The van der Waals surface area contributed by atoms with Gasteiger partial charge in [-0.05, 0) is 40.0 Å². The fraction of sp³-hybridized carbons (Fsp3) is 0.333. The molecule has 0 amide bonds. The Kier molecular flexibility index (Phi) is 3.12. The van der Waals surface area contributed by atoms with Crippen LogP contribution in [0, 0.1) is 0 Å². The molecule has 0 saturated carbocycles. The summed E-state index contributed by atoms with van der Waals surface area (Å²) in [5, 5.41) is 9.21. The van der Waals surface area contributed by atoms with Gasteiger partial charge in [-0.25, -0.2) is 0 Å². The number of phenolic OH excluding ortho intramolecular Hbond substituents is 1. The molecule has 0 fully saturated rings. The number of hydrogen-bond acceptors (Lipinski definition) is 2. The van der Waals surface area contributed by atoms with E-state index in [9.17, 15) is 5.11 Å². The van der Waals surface area contributed by atoms with Gasteiger partial charge in [-0.1, -0.05) is 13.0 Å². The third kappa shape index (κ3) is 1.99. The molecule has 0 radical (unpaired) electrons. The molecule has 0 aliphatic carbocycles. The Morgan fingerprint density at radius 3 is 2.75 bits per heavy atom. The van der Waals surface area contributed by atoms with Gasteiger partial charge in [0.15, 0.2) is 0 Å². The summed E-state index contributed by atoms with van der Waals surface area (Å²) in [6.45, 7) is 2.03. The Morgan fingerprint density at radius 1 is 1.58 bits per heavy atom. The van der Waals surface area contributed by atoms with E-state index in [0.717, 1.165) is 12.0 Å². The normalized spacial score (nSPS) is 12.9. The van der Waals surface area contributed by atoms with Crippen LogP contribution in [-0.2, 0) is 0 Å². The van der Waals surface area contributed by atoms with Gasteiger partial charge in [0.05, 0.1) is 4.47 Å². The zero-order valence-corrected chi connectivity index (χ0v) is 8.51. The second-order valence-corrected chi connectivity index (χ2v) is 3.58. The molecule has 1 aromatic rings. The van der Waals surface area contributed by atoms with Gasteiger partial charge in [-0.15, -0.1) is 0 Å². The quantitative estimate of drug-likeness (QED) is 0.820. The highest BCUT2D eigenvalue weighted by atomic mass is 79.9. The zero-order chi connectivity index (χ0) is 9.14. The van der Waals surface area contributed by atoms with E-state index in [1.54, 1.807) is 6.07 Å². The molecule has 0 aliphatic rings. The third-order valence-electron chi connectivity index (χ3n) is 1.84. The van der Waals surface area contributed by atoms with E-state index in [0.29, 0.717) is 4.47 Å². The number of halogens is 1. The Balaban J connectivity index is 2.96. The topological polar surface area (TPSA) is 46.2 Å². The van der Waals surface area contributed by atoms with Crippen molar-refractivity contribution in [2.45, 2.75) is 19.4 Å². The van der Waals surface area contributed by atoms with Crippen molar-refractivity contribution >= 4 is 15.9 Å². The SMILES string of the molecule is CC[C@@H](N)c1ccc(O)c(Br)c1. The van der Waals surface area contributed by atoms with Gasteiger partial charge in [-0.3, -0.25) is 0 Å². The monoisotopic (exact) mass is 229 g/mol. The molecule has 1 aromatic carbocycles. The minimum absolute atomic E-state index is 0.0573. The number of nitrogens with two attached hydrogens (primary N) is 1. The fourth-order valence-electron chi connectivity index (χ4n) is 0.989. The first-order valence-corrected chi connectivity index (χ1v) is 4.68. The number of aromatic hydroxyl groups is 1. The largest absolute Gasteiger partial charge is 0.507 e. The number of hydrogen-bond donors (Lipinski definition) is 2.